The van der Waals surface area contributed by atoms with Gasteiger partial charge in [0.15, 0.2) is 6.10 Å². The highest BCUT2D eigenvalue weighted by molar-refractivity contribution is 5.97. The maximum Gasteiger partial charge on any atom is 0.416 e. The SMILES string of the molecule is Cc1ccc2c(c1)c(=O)c(C(=O)N1CCOC(C(F)(F)F)C1)cn2C. The Labute approximate surface area is 141 Å². The highest BCUT2D eigenvalue weighted by Crippen LogP contribution is 2.26. The van der Waals surface area contributed by atoms with Crippen molar-refractivity contribution in [3.05, 3.63) is 45.7 Å². The van der Waals surface area contributed by atoms with E-state index in [1.165, 1.54) is 6.20 Å². The fourth-order valence-corrected chi connectivity index (χ4v) is 2.96. The van der Waals surface area contributed by atoms with Crippen molar-refractivity contribution in [2.75, 3.05) is 19.7 Å². The number of carbonyl (C=O) groups is 1. The van der Waals surface area contributed by atoms with E-state index >= 15 is 0 Å². The number of carbonyl (C=O) groups excluding carboxylic acids is 1. The molecule has 134 valence electrons. The number of nitrogens with zero attached hydrogens (tertiary/aromatic N) is 2. The van der Waals surface area contributed by atoms with Gasteiger partial charge in [0.1, 0.15) is 5.56 Å². The van der Waals surface area contributed by atoms with Crippen molar-refractivity contribution < 1.29 is 22.7 Å². The predicted octanol–water partition coefficient (Wildman–Crippen LogP) is 2.25. The first-order valence-electron chi connectivity index (χ1n) is 7.76. The first kappa shape index (κ1) is 17.5. The number of aryl methyl sites for hydroxylation is 2. The van der Waals surface area contributed by atoms with E-state index in [0.29, 0.717) is 10.9 Å². The van der Waals surface area contributed by atoms with Gasteiger partial charge in [-0.25, -0.2) is 0 Å². The van der Waals surface area contributed by atoms with E-state index in [4.69, 9.17) is 4.74 Å². The minimum Gasteiger partial charge on any atom is -0.365 e. The first-order chi connectivity index (χ1) is 11.7. The van der Waals surface area contributed by atoms with Crippen LogP contribution in [0.3, 0.4) is 0 Å². The molecule has 0 bridgehead atoms. The molecule has 2 heterocycles. The van der Waals surface area contributed by atoms with Gasteiger partial charge in [-0.2, -0.15) is 13.2 Å². The molecule has 1 unspecified atom stereocenters. The molecule has 1 atom stereocenters. The number of halogens is 3. The van der Waals surface area contributed by atoms with Gasteiger partial charge in [0.2, 0.25) is 5.43 Å². The first-order valence-corrected chi connectivity index (χ1v) is 7.76. The van der Waals surface area contributed by atoms with Crippen LogP contribution < -0.4 is 5.43 Å². The second kappa shape index (κ2) is 6.18. The number of ether oxygens (including phenoxy) is 1. The van der Waals surface area contributed by atoms with Gasteiger partial charge in [0, 0.05) is 25.2 Å². The molecule has 1 saturated heterocycles. The smallest absolute Gasteiger partial charge is 0.365 e. The summed E-state index contributed by atoms with van der Waals surface area (Å²) < 4.78 is 44.9. The molecule has 1 aromatic heterocycles. The molecule has 1 aliphatic rings. The molecule has 0 spiro atoms. The fourth-order valence-electron chi connectivity index (χ4n) is 2.96. The Kier molecular flexibility index (Phi) is 4.32. The zero-order valence-corrected chi connectivity index (χ0v) is 13.8. The van der Waals surface area contributed by atoms with Crippen LogP contribution in [0, 0.1) is 6.92 Å². The molecule has 0 saturated carbocycles. The molecule has 1 aromatic carbocycles. The number of benzene rings is 1. The van der Waals surface area contributed by atoms with Crippen LogP contribution in [0.25, 0.3) is 10.9 Å². The minimum absolute atomic E-state index is 0.0143. The lowest BCUT2D eigenvalue weighted by Gasteiger charge is -2.33. The predicted molar refractivity (Wildman–Crippen MR) is 85.6 cm³/mol. The van der Waals surface area contributed by atoms with E-state index < -0.39 is 30.2 Å². The topological polar surface area (TPSA) is 51.5 Å². The molecule has 5 nitrogen and oxygen atoms in total. The summed E-state index contributed by atoms with van der Waals surface area (Å²) in [6, 6.07) is 5.29. The van der Waals surface area contributed by atoms with Crippen LogP contribution in [0.2, 0.25) is 0 Å². The number of pyridine rings is 1. The second-order valence-corrected chi connectivity index (χ2v) is 6.16. The van der Waals surface area contributed by atoms with Crippen molar-refractivity contribution in [2.45, 2.75) is 19.2 Å². The average Bonchev–Trinajstić information content (AvgIpc) is 2.56. The van der Waals surface area contributed by atoms with Gasteiger partial charge in [-0.15, -0.1) is 0 Å². The lowest BCUT2D eigenvalue weighted by Crippen LogP contribution is -2.51. The Morgan fingerprint density at radius 3 is 2.72 bits per heavy atom. The van der Waals surface area contributed by atoms with Gasteiger partial charge in [0.25, 0.3) is 5.91 Å². The Morgan fingerprint density at radius 1 is 1.32 bits per heavy atom. The van der Waals surface area contributed by atoms with E-state index in [2.05, 4.69) is 0 Å². The van der Waals surface area contributed by atoms with Crippen LogP contribution in [0.4, 0.5) is 13.2 Å². The molecule has 1 amide bonds. The molecule has 3 rings (SSSR count). The van der Waals surface area contributed by atoms with E-state index in [9.17, 15) is 22.8 Å². The molecule has 1 aliphatic heterocycles. The third-order valence-electron chi connectivity index (χ3n) is 4.29. The van der Waals surface area contributed by atoms with Crippen LogP contribution >= 0.6 is 0 Å². The summed E-state index contributed by atoms with van der Waals surface area (Å²) in [5.74, 6) is -0.707. The van der Waals surface area contributed by atoms with E-state index in [-0.39, 0.29) is 18.7 Å². The van der Waals surface area contributed by atoms with Crippen LogP contribution in [0.5, 0.6) is 0 Å². The van der Waals surface area contributed by atoms with E-state index in [1.807, 2.05) is 13.0 Å². The third kappa shape index (κ3) is 3.26. The summed E-state index contributed by atoms with van der Waals surface area (Å²) in [4.78, 5) is 26.4. The van der Waals surface area contributed by atoms with Crippen LogP contribution in [-0.4, -0.2) is 47.4 Å². The van der Waals surface area contributed by atoms with Crippen molar-refractivity contribution in [3.8, 4) is 0 Å². The van der Waals surface area contributed by atoms with Crippen molar-refractivity contribution in [3.63, 3.8) is 0 Å². The highest BCUT2D eigenvalue weighted by atomic mass is 19.4. The molecular formula is C17H17F3N2O3. The van der Waals surface area contributed by atoms with Crippen LogP contribution in [0.15, 0.2) is 29.2 Å². The summed E-state index contributed by atoms with van der Waals surface area (Å²) in [6.07, 6.45) is -5.21. The lowest BCUT2D eigenvalue weighted by molar-refractivity contribution is -0.233. The van der Waals surface area contributed by atoms with Crippen molar-refractivity contribution in [1.29, 1.82) is 0 Å². The Bertz CT molecular complexity index is 889. The highest BCUT2D eigenvalue weighted by Gasteiger charge is 2.44. The number of hydrogen-bond donors (Lipinski definition) is 0. The Hall–Kier alpha value is -2.35. The number of aromatic nitrogens is 1. The third-order valence-corrected chi connectivity index (χ3v) is 4.29. The van der Waals surface area contributed by atoms with E-state index in [1.54, 1.807) is 23.7 Å². The van der Waals surface area contributed by atoms with Gasteiger partial charge < -0.3 is 14.2 Å². The van der Waals surface area contributed by atoms with Crippen molar-refractivity contribution >= 4 is 16.8 Å². The van der Waals surface area contributed by atoms with Gasteiger partial charge in [-0.1, -0.05) is 11.6 Å². The number of amides is 1. The molecule has 2 aromatic rings. The number of fused-ring (bicyclic) bond motifs is 1. The normalized spacial score (nSPS) is 18.6. The molecule has 25 heavy (non-hydrogen) atoms. The quantitative estimate of drug-likeness (QED) is 0.789. The number of morpholine rings is 1. The van der Waals surface area contributed by atoms with Crippen molar-refractivity contribution in [1.82, 2.24) is 9.47 Å². The summed E-state index contributed by atoms with van der Waals surface area (Å²) >= 11 is 0. The average molecular weight is 354 g/mol. The molecule has 1 fully saturated rings. The Morgan fingerprint density at radius 2 is 2.04 bits per heavy atom. The fraction of sp³-hybridized carbons (Fsp3) is 0.412. The van der Waals surface area contributed by atoms with Crippen LogP contribution in [-0.2, 0) is 11.8 Å². The molecule has 0 N–H and O–H groups in total. The summed E-state index contributed by atoms with van der Waals surface area (Å²) in [5.41, 5.74) is 0.903. The monoisotopic (exact) mass is 354 g/mol. The summed E-state index contributed by atoms with van der Waals surface area (Å²) in [7, 11) is 1.69. The number of alkyl halides is 3. The lowest BCUT2D eigenvalue weighted by atomic mass is 10.1. The number of hydrogen-bond acceptors (Lipinski definition) is 3. The zero-order valence-electron chi connectivity index (χ0n) is 13.8. The maximum atomic E-state index is 12.8. The maximum absolute atomic E-state index is 12.8. The number of rotatable bonds is 1. The summed E-state index contributed by atoms with van der Waals surface area (Å²) in [5, 5.41) is 0.369. The molecule has 8 heteroatoms. The zero-order chi connectivity index (χ0) is 18.4. The largest absolute Gasteiger partial charge is 0.416 e. The molecular weight excluding hydrogens is 337 g/mol. The molecule has 0 aliphatic carbocycles. The van der Waals surface area contributed by atoms with Crippen molar-refractivity contribution in [2.24, 2.45) is 7.05 Å². The van der Waals surface area contributed by atoms with Gasteiger partial charge in [-0.05, 0) is 19.1 Å². The Balaban J connectivity index is 2.00. The summed E-state index contributed by atoms with van der Waals surface area (Å²) in [6.45, 7) is 1.00. The minimum atomic E-state index is -4.55. The van der Waals surface area contributed by atoms with Gasteiger partial charge >= 0.3 is 6.18 Å². The molecule has 0 radical (unpaired) electrons. The van der Waals surface area contributed by atoms with Crippen LogP contribution in [0.1, 0.15) is 15.9 Å². The van der Waals surface area contributed by atoms with E-state index in [0.717, 1.165) is 10.5 Å². The van der Waals surface area contributed by atoms with Gasteiger partial charge in [0.05, 0.1) is 18.7 Å². The second-order valence-electron chi connectivity index (χ2n) is 6.16. The standard InChI is InChI=1S/C17H17F3N2O3/c1-10-3-4-13-11(7-10)15(23)12(8-21(13)2)16(24)22-5-6-25-14(9-22)17(18,19)20/h3-4,7-8,14H,5-6,9H2,1-2H3. The van der Waals surface area contributed by atoms with Gasteiger partial charge in [-0.3, -0.25) is 9.59 Å².